The van der Waals surface area contributed by atoms with Gasteiger partial charge in [-0.25, -0.2) is 4.99 Å². The summed E-state index contributed by atoms with van der Waals surface area (Å²) in [5.41, 5.74) is 21.3. The predicted octanol–water partition coefficient (Wildman–Crippen LogP) is 10.6. The molecule has 0 amide bonds. The summed E-state index contributed by atoms with van der Waals surface area (Å²) < 4.78 is 2.51. The summed E-state index contributed by atoms with van der Waals surface area (Å²) in [7, 11) is 0. The highest BCUT2D eigenvalue weighted by molar-refractivity contribution is 6.04. The second-order valence-electron chi connectivity index (χ2n) is 13.4. The molecule has 1 heterocycles. The van der Waals surface area contributed by atoms with E-state index in [0.717, 1.165) is 23.4 Å². The highest BCUT2D eigenvalue weighted by Gasteiger charge is 2.46. The largest absolute Gasteiger partial charge is 0.397 e. The van der Waals surface area contributed by atoms with Gasteiger partial charge in [-0.15, -0.1) is 0 Å². The first-order chi connectivity index (χ1) is 24.1. The minimum Gasteiger partial charge on any atom is -0.397 e. The first kappa shape index (κ1) is 29.2. The molecule has 0 unspecified atom stereocenters. The molecule has 1 aromatic heterocycles. The number of para-hydroxylation sites is 2. The zero-order valence-corrected chi connectivity index (χ0v) is 27.6. The van der Waals surface area contributed by atoms with Crippen molar-refractivity contribution in [2.45, 2.75) is 25.3 Å². The van der Waals surface area contributed by atoms with Crippen molar-refractivity contribution in [2.24, 2.45) is 10.9 Å². The Balaban J connectivity index is 1.29. The number of nitrogens with zero attached hydrogens (tertiary/aromatic N) is 2. The molecule has 0 fully saturated rings. The van der Waals surface area contributed by atoms with Crippen molar-refractivity contribution in [1.29, 1.82) is 0 Å². The van der Waals surface area contributed by atoms with Crippen LogP contribution in [0.2, 0.25) is 0 Å². The predicted molar refractivity (Wildman–Crippen MR) is 205 cm³/mol. The van der Waals surface area contributed by atoms with E-state index in [0.29, 0.717) is 18.2 Å². The average molecular weight is 632 g/mol. The summed E-state index contributed by atoms with van der Waals surface area (Å²) in [5.74, 6) is 0.446. The Morgan fingerprint density at radius 2 is 1.35 bits per heavy atom. The number of hydrogen-bond donors (Lipinski definition) is 1. The van der Waals surface area contributed by atoms with Crippen molar-refractivity contribution in [3.63, 3.8) is 0 Å². The number of aliphatic imine (C=N–C) groups is 1. The molecule has 2 N–H and O–H groups in total. The quantitative estimate of drug-likeness (QED) is 0.144. The third kappa shape index (κ3) is 4.61. The van der Waals surface area contributed by atoms with E-state index in [1.807, 2.05) is 24.3 Å². The van der Waals surface area contributed by atoms with Gasteiger partial charge >= 0.3 is 0 Å². The van der Waals surface area contributed by atoms with Gasteiger partial charge in [0.2, 0.25) is 0 Å². The van der Waals surface area contributed by atoms with Gasteiger partial charge in [0.15, 0.2) is 0 Å². The highest BCUT2D eigenvalue weighted by Crippen LogP contribution is 2.56. The third-order valence-electron chi connectivity index (χ3n) is 10.5. The van der Waals surface area contributed by atoms with Crippen LogP contribution in [0.4, 0.5) is 11.4 Å². The van der Waals surface area contributed by atoms with Crippen molar-refractivity contribution in [3.8, 4) is 11.1 Å². The molecule has 2 aliphatic carbocycles. The Hall–Kier alpha value is -5.93. The molecule has 0 saturated carbocycles. The second kappa shape index (κ2) is 11.6. The van der Waals surface area contributed by atoms with E-state index >= 15 is 0 Å². The molecule has 0 aliphatic heterocycles. The van der Waals surface area contributed by atoms with Crippen LogP contribution in [0.5, 0.6) is 0 Å². The zero-order valence-electron chi connectivity index (χ0n) is 27.6. The summed E-state index contributed by atoms with van der Waals surface area (Å²) in [6.07, 6.45) is 5.69. The zero-order chi connectivity index (χ0) is 33.0. The molecule has 7 aromatic rings. The van der Waals surface area contributed by atoms with Crippen LogP contribution in [0.3, 0.4) is 0 Å². The smallest absolute Gasteiger partial charge is 0.0863 e. The van der Waals surface area contributed by atoms with Crippen LogP contribution in [0.15, 0.2) is 163 Å². The number of fused-ring (bicyclic) bond motifs is 6. The van der Waals surface area contributed by atoms with Crippen molar-refractivity contribution < 1.29 is 0 Å². The molecule has 0 bridgehead atoms. The molecule has 49 heavy (non-hydrogen) atoms. The average Bonchev–Trinajstić information content (AvgIpc) is 3.62. The van der Waals surface area contributed by atoms with Crippen LogP contribution < -0.4 is 5.73 Å². The maximum absolute atomic E-state index is 6.42. The van der Waals surface area contributed by atoms with Crippen molar-refractivity contribution in [3.05, 3.63) is 197 Å². The minimum atomic E-state index is -0.440. The molecule has 3 nitrogen and oxygen atoms in total. The highest BCUT2D eigenvalue weighted by atomic mass is 15.0. The van der Waals surface area contributed by atoms with Gasteiger partial charge in [0.05, 0.1) is 29.0 Å². The molecule has 6 aromatic carbocycles. The Bertz CT molecular complexity index is 2370. The van der Waals surface area contributed by atoms with Gasteiger partial charge in [-0.1, -0.05) is 146 Å². The fourth-order valence-corrected chi connectivity index (χ4v) is 8.31. The van der Waals surface area contributed by atoms with Gasteiger partial charge < -0.3 is 10.3 Å². The molecule has 236 valence electrons. The standard InChI is InChI=1S/C46H37N3/c1-31-24-26-37-38-29-34(46(33-16-6-3-7-17-33)39-20-10-8-18-35(39)36-19-9-11-21-40(36)46)25-27-44(38)49(45(37)28-31)30-43(32-14-4-2-5-15-32)48-42-23-13-12-22-41(42)47/h2-27,29,31H,28,30,47H2,1H3/b48-43+/t31-/m0/s1. The summed E-state index contributed by atoms with van der Waals surface area (Å²) in [6.45, 7) is 2.94. The number of allylic oxidation sites excluding steroid dienone is 1. The normalized spacial score (nSPS) is 15.9. The Kier molecular flexibility index (Phi) is 6.94. The van der Waals surface area contributed by atoms with Gasteiger partial charge in [0.25, 0.3) is 0 Å². The molecule has 0 saturated heterocycles. The van der Waals surface area contributed by atoms with E-state index in [-0.39, 0.29) is 0 Å². The van der Waals surface area contributed by atoms with Gasteiger partial charge in [0, 0.05) is 22.2 Å². The van der Waals surface area contributed by atoms with Gasteiger partial charge in [-0.2, -0.15) is 0 Å². The van der Waals surface area contributed by atoms with Crippen LogP contribution in [0, 0.1) is 5.92 Å². The van der Waals surface area contributed by atoms with E-state index in [1.54, 1.807) is 0 Å². The van der Waals surface area contributed by atoms with E-state index in [1.165, 1.54) is 55.5 Å². The summed E-state index contributed by atoms with van der Waals surface area (Å²) in [6, 6.07) is 54.6. The Morgan fingerprint density at radius 3 is 2.06 bits per heavy atom. The number of rotatable bonds is 6. The number of hydrogen-bond acceptors (Lipinski definition) is 2. The minimum absolute atomic E-state index is 0.440. The SMILES string of the molecule is C[C@H]1C=Cc2c(n(C/C(=N\c3ccccc3N)c3ccccc3)c3ccc(C4(c5ccccc5)c5ccccc5-c5ccccc54)cc23)C1. The summed E-state index contributed by atoms with van der Waals surface area (Å²) in [4.78, 5) is 5.21. The number of benzene rings is 6. The van der Waals surface area contributed by atoms with Crippen LogP contribution in [-0.2, 0) is 18.4 Å². The lowest BCUT2D eigenvalue weighted by atomic mass is 9.67. The van der Waals surface area contributed by atoms with E-state index in [9.17, 15) is 0 Å². The van der Waals surface area contributed by atoms with Crippen LogP contribution in [-0.4, -0.2) is 10.3 Å². The molecule has 0 radical (unpaired) electrons. The monoisotopic (exact) mass is 631 g/mol. The van der Waals surface area contributed by atoms with Gasteiger partial charge in [0.1, 0.15) is 0 Å². The number of aromatic nitrogens is 1. The molecule has 1 atom stereocenters. The summed E-state index contributed by atoms with van der Waals surface area (Å²) in [5, 5.41) is 1.28. The third-order valence-corrected chi connectivity index (χ3v) is 10.5. The van der Waals surface area contributed by atoms with E-state index < -0.39 is 5.41 Å². The fraction of sp³-hybridized carbons (Fsp3) is 0.109. The van der Waals surface area contributed by atoms with Crippen molar-refractivity contribution in [1.82, 2.24) is 4.57 Å². The van der Waals surface area contributed by atoms with E-state index in [2.05, 4.69) is 151 Å². The number of nitrogen functional groups attached to an aromatic ring is 1. The molecule has 2 aliphatic rings. The number of nitrogens with two attached hydrogens (primary N) is 1. The summed E-state index contributed by atoms with van der Waals surface area (Å²) >= 11 is 0. The number of anilines is 1. The van der Waals surface area contributed by atoms with Gasteiger partial charge in [-0.05, 0) is 75.5 Å². The fourth-order valence-electron chi connectivity index (χ4n) is 8.31. The lowest BCUT2D eigenvalue weighted by Crippen LogP contribution is -2.28. The molecule has 3 heteroatoms. The maximum atomic E-state index is 6.42. The second-order valence-corrected chi connectivity index (χ2v) is 13.4. The lowest BCUT2D eigenvalue weighted by molar-refractivity contribution is 0.666. The lowest BCUT2D eigenvalue weighted by Gasteiger charge is -2.34. The van der Waals surface area contributed by atoms with Gasteiger partial charge in [-0.3, -0.25) is 0 Å². The Labute approximate surface area is 287 Å². The van der Waals surface area contributed by atoms with Crippen LogP contribution in [0.25, 0.3) is 28.1 Å². The first-order valence-corrected chi connectivity index (χ1v) is 17.2. The van der Waals surface area contributed by atoms with E-state index in [4.69, 9.17) is 10.7 Å². The topological polar surface area (TPSA) is 43.3 Å². The van der Waals surface area contributed by atoms with Crippen molar-refractivity contribution >= 4 is 34.1 Å². The molecular weight excluding hydrogens is 595 g/mol. The molecule has 9 rings (SSSR count). The Morgan fingerprint density at radius 1 is 0.714 bits per heavy atom. The molecular formula is C46H37N3. The first-order valence-electron chi connectivity index (χ1n) is 17.2. The van der Waals surface area contributed by atoms with Crippen LogP contribution >= 0.6 is 0 Å². The maximum Gasteiger partial charge on any atom is 0.0863 e. The van der Waals surface area contributed by atoms with Crippen LogP contribution in [0.1, 0.15) is 46.0 Å². The molecule has 0 spiro atoms. The van der Waals surface area contributed by atoms with Crippen molar-refractivity contribution in [2.75, 3.05) is 5.73 Å².